The summed E-state index contributed by atoms with van der Waals surface area (Å²) in [5.74, 6) is -0.445. The summed E-state index contributed by atoms with van der Waals surface area (Å²) in [6.45, 7) is 3.97. The van der Waals surface area contributed by atoms with E-state index >= 15 is 0 Å². The Morgan fingerprint density at radius 1 is 0.667 bits per heavy atom. The normalized spacial score (nSPS) is 14.9. The van der Waals surface area contributed by atoms with Gasteiger partial charge in [-0.3, -0.25) is 13.8 Å². The Labute approximate surface area is 314 Å². The maximum absolute atomic E-state index is 12.8. The van der Waals surface area contributed by atoms with Crippen LogP contribution < -0.4 is 11.1 Å². The second-order valence-corrected chi connectivity index (χ2v) is 16.2. The number of hydrogen-bond acceptors (Lipinski definition) is 7. The molecule has 0 rings (SSSR count). The summed E-state index contributed by atoms with van der Waals surface area (Å²) in [6.07, 6.45) is 37.3. The molecular formula is C41H83N2O7P. The fourth-order valence-electron chi connectivity index (χ4n) is 6.41. The van der Waals surface area contributed by atoms with E-state index in [9.17, 15) is 24.5 Å². The zero-order chi connectivity index (χ0) is 37.7. The number of hydrogen-bond donors (Lipinski definition) is 5. The summed E-state index contributed by atoms with van der Waals surface area (Å²) in [7, 11) is -4.39. The lowest BCUT2D eigenvalue weighted by Gasteiger charge is -2.24. The van der Waals surface area contributed by atoms with Gasteiger partial charge in [0.15, 0.2) is 0 Å². The van der Waals surface area contributed by atoms with E-state index in [2.05, 4.69) is 19.2 Å². The molecular weight excluding hydrogens is 663 g/mol. The van der Waals surface area contributed by atoms with Crippen LogP contribution in [-0.2, 0) is 18.4 Å². The number of carbonyl (C=O) groups excluding carboxylic acids is 1. The third kappa shape index (κ3) is 36.0. The maximum atomic E-state index is 12.8. The smallest absolute Gasteiger partial charge is 0.393 e. The molecule has 0 saturated carbocycles. The predicted molar refractivity (Wildman–Crippen MR) is 214 cm³/mol. The van der Waals surface area contributed by atoms with E-state index in [1.54, 1.807) is 6.08 Å². The lowest BCUT2D eigenvalue weighted by atomic mass is 10.0. The molecule has 4 atom stereocenters. The Morgan fingerprint density at radius 2 is 1.08 bits per heavy atom. The van der Waals surface area contributed by atoms with Crippen LogP contribution in [0.25, 0.3) is 0 Å². The highest BCUT2D eigenvalue weighted by Gasteiger charge is 2.27. The summed E-state index contributed by atoms with van der Waals surface area (Å²) < 4.78 is 22.0. The van der Waals surface area contributed by atoms with Crippen LogP contribution in [0.2, 0.25) is 0 Å². The van der Waals surface area contributed by atoms with Gasteiger partial charge in [0.1, 0.15) is 0 Å². The minimum Gasteiger partial charge on any atom is -0.393 e. The van der Waals surface area contributed by atoms with Gasteiger partial charge < -0.3 is 26.2 Å². The van der Waals surface area contributed by atoms with Crippen LogP contribution in [0.1, 0.15) is 206 Å². The average molecular weight is 747 g/mol. The van der Waals surface area contributed by atoms with E-state index in [0.717, 1.165) is 38.5 Å². The van der Waals surface area contributed by atoms with Gasteiger partial charge in [-0.2, -0.15) is 0 Å². The monoisotopic (exact) mass is 747 g/mol. The molecule has 0 aromatic heterocycles. The number of allylic oxidation sites excluding steroid dienone is 1. The molecule has 10 heteroatoms. The van der Waals surface area contributed by atoms with Crippen molar-refractivity contribution in [1.29, 1.82) is 0 Å². The first-order chi connectivity index (χ1) is 24.8. The molecule has 4 unspecified atom stereocenters. The molecule has 0 aliphatic carbocycles. The minimum absolute atomic E-state index is 0.0514. The molecule has 0 spiro atoms. The Bertz CT molecular complexity index is 832. The summed E-state index contributed by atoms with van der Waals surface area (Å²) in [5.41, 5.74) is 5.36. The topological polar surface area (TPSA) is 151 Å². The van der Waals surface area contributed by atoms with Gasteiger partial charge >= 0.3 is 7.82 Å². The molecule has 0 aliphatic rings. The van der Waals surface area contributed by atoms with E-state index in [4.69, 9.17) is 14.8 Å². The molecule has 0 aromatic rings. The number of phosphoric ester groups is 1. The summed E-state index contributed by atoms with van der Waals surface area (Å²) in [6, 6.07) is -0.976. The SMILES string of the molecule is CCCCCCCCCCCCCCCCCCC/C=C/C(O)C(COP(=O)(O)OCCN)NC(=O)CC(O)CCCCCCCCCCCC. The number of nitrogens with two attached hydrogens (primary N) is 1. The number of nitrogens with one attached hydrogen (secondary N) is 1. The van der Waals surface area contributed by atoms with E-state index in [1.807, 2.05) is 6.08 Å². The molecule has 0 fully saturated rings. The molecule has 9 nitrogen and oxygen atoms in total. The van der Waals surface area contributed by atoms with Gasteiger partial charge in [-0.1, -0.05) is 193 Å². The zero-order valence-electron chi connectivity index (χ0n) is 33.2. The van der Waals surface area contributed by atoms with Crippen molar-refractivity contribution in [3.05, 3.63) is 12.2 Å². The maximum Gasteiger partial charge on any atom is 0.472 e. The van der Waals surface area contributed by atoms with Gasteiger partial charge in [0.25, 0.3) is 0 Å². The van der Waals surface area contributed by atoms with E-state index in [0.29, 0.717) is 6.42 Å². The number of aliphatic hydroxyl groups excluding tert-OH is 2. The third-order valence-corrected chi connectivity index (χ3v) is 10.7. The predicted octanol–water partition coefficient (Wildman–Crippen LogP) is 10.6. The van der Waals surface area contributed by atoms with Crippen molar-refractivity contribution in [2.24, 2.45) is 5.73 Å². The average Bonchev–Trinajstić information content (AvgIpc) is 3.10. The fourth-order valence-corrected chi connectivity index (χ4v) is 7.17. The Hall–Kier alpha value is -0.800. The molecule has 0 aliphatic heterocycles. The van der Waals surface area contributed by atoms with Gasteiger partial charge in [0, 0.05) is 6.54 Å². The molecule has 0 saturated heterocycles. The summed E-state index contributed by atoms with van der Waals surface area (Å²) >= 11 is 0. The first kappa shape index (κ1) is 50.2. The van der Waals surface area contributed by atoms with Crippen LogP contribution >= 0.6 is 7.82 Å². The van der Waals surface area contributed by atoms with E-state index in [-0.39, 0.29) is 19.6 Å². The number of rotatable bonds is 40. The fraction of sp³-hybridized carbons (Fsp3) is 0.927. The van der Waals surface area contributed by atoms with Gasteiger partial charge in [-0.15, -0.1) is 0 Å². The molecule has 0 aromatic carbocycles. The first-order valence-electron chi connectivity index (χ1n) is 21.4. The van der Waals surface area contributed by atoms with Gasteiger partial charge in [0.05, 0.1) is 37.9 Å². The van der Waals surface area contributed by atoms with Gasteiger partial charge in [-0.05, 0) is 19.3 Å². The van der Waals surface area contributed by atoms with Crippen LogP contribution in [0.4, 0.5) is 0 Å². The van der Waals surface area contributed by atoms with Crippen molar-refractivity contribution in [1.82, 2.24) is 5.32 Å². The molecule has 0 radical (unpaired) electrons. The van der Waals surface area contributed by atoms with Crippen LogP contribution in [-0.4, -0.2) is 59.0 Å². The number of carbonyl (C=O) groups is 1. The highest BCUT2D eigenvalue weighted by atomic mass is 31.2. The van der Waals surface area contributed by atoms with Gasteiger partial charge in [0.2, 0.25) is 5.91 Å². The quantitative estimate of drug-likeness (QED) is 0.0236. The summed E-state index contributed by atoms with van der Waals surface area (Å²) in [5, 5.41) is 24.0. The van der Waals surface area contributed by atoms with Crippen molar-refractivity contribution in [2.75, 3.05) is 19.8 Å². The molecule has 304 valence electrons. The molecule has 0 bridgehead atoms. The van der Waals surface area contributed by atoms with Crippen LogP contribution in [0, 0.1) is 0 Å². The first-order valence-corrected chi connectivity index (χ1v) is 22.9. The Kier molecular flexibility index (Phi) is 36.9. The van der Waals surface area contributed by atoms with E-state index < -0.39 is 38.6 Å². The Morgan fingerprint density at radius 3 is 1.51 bits per heavy atom. The minimum atomic E-state index is -4.39. The number of phosphoric acid groups is 1. The van der Waals surface area contributed by atoms with Crippen LogP contribution in [0.15, 0.2) is 12.2 Å². The lowest BCUT2D eigenvalue weighted by molar-refractivity contribution is -0.124. The largest absolute Gasteiger partial charge is 0.472 e. The molecule has 6 N–H and O–H groups in total. The van der Waals surface area contributed by atoms with Gasteiger partial charge in [-0.25, -0.2) is 4.57 Å². The zero-order valence-corrected chi connectivity index (χ0v) is 34.1. The standard InChI is InChI=1S/C41H83N2O7P/c1-3-5-7-9-11-13-15-16-17-18-19-20-21-22-23-25-27-29-31-33-40(45)39(37-50-51(47,48)49-35-34-42)43-41(46)36-38(44)32-30-28-26-24-14-12-10-8-6-4-2/h31,33,38-40,44-45H,3-30,32,34-37,42H2,1-2H3,(H,43,46)(H,47,48)/b33-31+. The molecule has 1 amide bonds. The lowest BCUT2D eigenvalue weighted by Crippen LogP contribution is -2.46. The van der Waals surface area contributed by atoms with Crippen molar-refractivity contribution in [3.8, 4) is 0 Å². The van der Waals surface area contributed by atoms with Crippen LogP contribution in [0.3, 0.4) is 0 Å². The second kappa shape index (κ2) is 37.5. The highest BCUT2D eigenvalue weighted by molar-refractivity contribution is 7.47. The third-order valence-electron chi connectivity index (χ3n) is 9.67. The van der Waals surface area contributed by atoms with Crippen molar-refractivity contribution in [2.45, 2.75) is 225 Å². The number of aliphatic hydroxyl groups is 2. The summed E-state index contributed by atoms with van der Waals surface area (Å²) in [4.78, 5) is 22.7. The second-order valence-electron chi connectivity index (χ2n) is 14.8. The molecule has 0 heterocycles. The van der Waals surface area contributed by atoms with Crippen molar-refractivity contribution < 1.29 is 33.5 Å². The number of amides is 1. The van der Waals surface area contributed by atoms with Crippen molar-refractivity contribution >= 4 is 13.7 Å². The van der Waals surface area contributed by atoms with E-state index in [1.165, 1.54) is 141 Å². The van der Waals surface area contributed by atoms with Crippen molar-refractivity contribution in [3.63, 3.8) is 0 Å². The number of unbranched alkanes of at least 4 members (excludes halogenated alkanes) is 26. The highest BCUT2D eigenvalue weighted by Crippen LogP contribution is 2.43. The molecule has 51 heavy (non-hydrogen) atoms. The Balaban J connectivity index is 4.30. The van der Waals surface area contributed by atoms with Crippen LogP contribution in [0.5, 0.6) is 0 Å².